The third-order valence-corrected chi connectivity index (χ3v) is 8.19. The molecule has 0 saturated heterocycles. The summed E-state index contributed by atoms with van der Waals surface area (Å²) in [5, 5.41) is 4.40. The molecular formula is C29H29ClN4O4S. The van der Waals surface area contributed by atoms with E-state index in [4.69, 9.17) is 16.3 Å². The summed E-state index contributed by atoms with van der Waals surface area (Å²) in [5.74, 6) is -0.388. The minimum absolute atomic E-state index is 0.0276. The quantitative estimate of drug-likeness (QED) is 0.217. The summed E-state index contributed by atoms with van der Waals surface area (Å²) < 4.78 is 35.8. The van der Waals surface area contributed by atoms with E-state index in [1.807, 2.05) is 57.2 Å². The van der Waals surface area contributed by atoms with Crippen molar-refractivity contribution in [1.82, 2.24) is 9.99 Å². The Labute approximate surface area is 233 Å². The number of hydrogen-bond donors (Lipinski definition) is 1. The van der Waals surface area contributed by atoms with Gasteiger partial charge < -0.3 is 9.30 Å². The van der Waals surface area contributed by atoms with Gasteiger partial charge in [-0.05, 0) is 69.3 Å². The zero-order valence-electron chi connectivity index (χ0n) is 22.1. The normalized spacial score (nSPS) is 11.5. The van der Waals surface area contributed by atoms with E-state index in [1.54, 1.807) is 30.5 Å². The highest BCUT2D eigenvalue weighted by molar-refractivity contribution is 7.92. The maximum absolute atomic E-state index is 13.7. The topological polar surface area (TPSA) is 93.0 Å². The number of hydrogen-bond acceptors (Lipinski definition) is 5. The number of para-hydroxylation sites is 1. The lowest BCUT2D eigenvalue weighted by molar-refractivity contribution is -0.119. The van der Waals surface area contributed by atoms with Crippen LogP contribution < -0.4 is 14.5 Å². The molecular weight excluding hydrogens is 536 g/mol. The molecule has 0 aliphatic heterocycles. The summed E-state index contributed by atoms with van der Waals surface area (Å²) in [4.78, 5) is 13.0. The van der Waals surface area contributed by atoms with E-state index in [-0.39, 0.29) is 16.3 Å². The number of ether oxygens (including phenoxy) is 1. The molecule has 0 saturated carbocycles. The number of sulfonamides is 1. The molecule has 0 aliphatic carbocycles. The largest absolute Gasteiger partial charge is 0.495 e. The van der Waals surface area contributed by atoms with Gasteiger partial charge in [0.15, 0.2) is 0 Å². The van der Waals surface area contributed by atoms with Crippen LogP contribution in [0.2, 0.25) is 5.02 Å². The lowest BCUT2D eigenvalue weighted by Crippen LogP contribution is -2.39. The van der Waals surface area contributed by atoms with Crippen molar-refractivity contribution in [2.75, 3.05) is 18.0 Å². The molecule has 1 amide bonds. The lowest BCUT2D eigenvalue weighted by atomic mass is 10.2. The molecule has 0 fully saturated rings. The predicted octanol–water partition coefficient (Wildman–Crippen LogP) is 5.41. The maximum Gasteiger partial charge on any atom is 0.264 e. The standard InChI is InChI=1S/C29H29ClN4O4S/c1-20-10-13-26(14-11-20)39(36,37)33(27-17-24(30)12-15-28(27)38-4)19-29(35)32-31-18-23-16-21(2)34(22(23)3)25-8-6-5-7-9-25/h5-18H,19H2,1-4H3,(H,32,35)/b31-18-. The van der Waals surface area contributed by atoms with Crippen molar-refractivity contribution in [3.63, 3.8) is 0 Å². The number of rotatable bonds is 9. The summed E-state index contributed by atoms with van der Waals surface area (Å²) in [5.41, 5.74) is 7.28. The smallest absolute Gasteiger partial charge is 0.264 e. The van der Waals surface area contributed by atoms with E-state index in [0.29, 0.717) is 5.02 Å². The zero-order chi connectivity index (χ0) is 28.2. The summed E-state index contributed by atoms with van der Waals surface area (Å²) >= 11 is 6.19. The van der Waals surface area contributed by atoms with Gasteiger partial charge in [0.05, 0.1) is 23.9 Å². The van der Waals surface area contributed by atoms with E-state index in [9.17, 15) is 13.2 Å². The number of carbonyl (C=O) groups is 1. The second-order valence-electron chi connectivity index (χ2n) is 8.93. The SMILES string of the molecule is COc1ccc(Cl)cc1N(CC(=O)N/N=C\c1cc(C)n(-c2ccccc2)c1C)S(=O)(=O)c1ccc(C)cc1. The molecule has 0 spiro atoms. The third-order valence-electron chi connectivity index (χ3n) is 6.18. The lowest BCUT2D eigenvalue weighted by Gasteiger charge is -2.25. The predicted molar refractivity (Wildman–Crippen MR) is 155 cm³/mol. The van der Waals surface area contributed by atoms with Crippen molar-refractivity contribution >= 4 is 39.4 Å². The molecule has 39 heavy (non-hydrogen) atoms. The number of aromatic nitrogens is 1. The van der Waals surface area contributed by atoms with E-state index < -0.39 is 22.5 Å². The number of hydrazone groups is 1. The van der Waals surface area contributed by atoms with Crippen LogP contribution in [-0.2, 0) is 14.8 Å². The zero-order valence-corrected chi connectivity index (χ0v) is 23.6. The Balaban J connectivity index is 1.60. The Morgan fingerprint density at radius 3 is 2.38 bits per heavy atom. The first kappa shape index (κ1) is 27.9. The van der Waals surface area contributed by atoms with Crippen LogP contribution in [0.4, 0.5) is 5.69 Å². The first-order valence-electron chi connectivity index (χ1n) is 12.1. The number of anilines is 1. The second-order valence-corrected chi connectivity index (χ2v) is 11.2. The van der Waals surface area contributed by atoms with Crippen molar-refractivity contribution in [2.45, 2.75) is 25.7 Å². The molecule has 202 valence electrons. The van der Waals surface area contributed by atoms with E-state index >= 15 is 0 Å². The Bertz CT molecular complexity index is 1620. The van der Waals surface area contributed by atoms with Crippen molar-refractivity contribution in [2.24, 2.45) is 5.10 Å². The summed E-state index contributed by atoms with van der Waals surface area (Å²) in [6, 6.07) is 22.8. The van der Waals surface area contributed by atoms with Crippen molar-refractivity contribution in [3.05, 3.63) is 106 Å². The molecule has 0 unspecified atom stereocenters. The molecule has 0 bridgehead atoms. The monoisotopic (exact) mass is 564 g/mol. The second kappa shape index (κ2) is 11.8. The highest BCUT2D eigenvalue weighted by Crippen LogP contribution is 2.34. The van der Waals surface area contributed by atoms with Gasteiger partial charge in [0.25, 0.3) is 15.9 Å². The van der Waals surface area contributed by atoms with Gasteiger partial charge in [0.1, 0.15) is 12.3 Å². The van der Waals surface area contributed by atoms with Crippen LogP contribution in [-0.4, -0.2) is 38.8 Å². The molecule has 4 rings (SSSR count). The van der Waals surface area contributed by atoms with Gasteiger partial charge in [-0.3, -0.25) is 9.10 Å². The van der Waals surface area contributed by atoms with Crippen molar-refractivity contribution in [1.29, 1.82) is 0 Å². The number of aryl methyl sites for hydroxylation is 2. The average molecular weight is 565 g/mol. The number of methoxy groups -OCH3 is 1. The van der Waals surface area contributed by atoms with Crippen LogP contribution >= 0.6 is 11.6 Å². The number of benzene rings is 3. The Morgan fingerprint density at radius 2 is 1.72 bits per heavy atom. The molecule has 0 atom stereocenters. The fraction of sp³-hybridized carbons (Fsp3) is 0.172. The Hall–Kier alpha value is -4.08. The van der Waals surface area contributed by atoms with Gasteiger partial charge in [-0.25, -0.2) is 13.8 Å². The maximum atomic E-state index is 13.7. The van der Waals surface area contributed by atoms with Gasteiger partial charge in [-0.2, -0.15) is 5.10 Å². The van der Waals surface area contributed by atoms with Gasteiger partial charge in [0, 0.05) is 27.7 Å². The van der Waals surface area contributed by atoms with Gasteiger partial charge in [-0.1, -0.05) is 47.5 Å². The summed E-state index contributed by atoms with van der Waals surface area (Å²) in [6.45, 7) is 5.26. The van der Waals surface area contributed by atoms with Crippen LogP contribution in [0.15, 0.2) is 88.9 Å². The van der Waals surface area contributed by atoms with Crippen molar-refractivity contribution < 1.29 is 17.9 Å². The van der Waals surface area contributed by atoms with Crippen LogP contribution in [0.5, 0.6) is 5.75 Å². The van der Waals surface area contributed by atoms with E-state index in [1.165, 1.54) is 25.3 Å². The molecule has 3 aromatic carbocycles. The van der Waals surface area contributed by atoms with Gasteiger partial charge in [-0.15, -0.1) is 0 Å². The summed E-state index contributed by atoms with van der Waals surface area (Å²) in [6.07, 6.45) is 1.54. The third kappa shape index (κ3) is 6.16. The molecule has 1 aromatic heterocycles. The van der Waals surface area contributed by atoms with Gasteiger partial charge in [0.2, 0.25) is 0 Å². The minimum atomic E-state index is -4.15. The van der Waals surface area contributed by atoms with Crippen molar-refractivity contribution in [3.8, 4) is 11.4 Å². The van der Waals surface area contributed by atoms with Gasteiger partial charge >= 0.3 is 0 Å². The average Bonchev–Trinajstić information content (AvgIpc) is 3.20. The van der Waals surface area contributed by atoms with Crippen LogP contribution in [0, 0.1) is 20.8 Å². The number of halogens is 1. The number of amides is 1. The number of nitrogens with zero attached hydrogens (tertiary/aromatic N) is 3. The summed E-state index contributed by atoms with van der Waals surface area (Å²) in [7, 11) is -2.74. The molecule has 10 heteroatoms. The van der Waals surface area contributed by atoms with E-state index in [0.717, 1.165) is 32.5 Å². The minimum Gasteiger partial charge on any atom is -0.495 e. The Kier molecular flexibility index (Phi) is 8.42. The highest BCUT2D eigenvalue weighted by Gasteiger charge is 2.29. The molecule has 4 aromatic rings. The first-order chi connectivity index (χ1) is 18.6. The fourth-order valence-electron chi connectivity index (χ4n) is 4.23. The van der Waals surface area contributed by atoms with E-state index in [2.05, 4.69) is 15.1 Å². The van der Waals surface area contributed by atoms with Crippen LogP contribution in [0.1, 0.15) is 22.5 Å². The van der Waals surface area contributed by atoms with Crippen LogP contribution in [0.25, 0.3) is 5.69 Å². The fourth-order valence-corrected chi connectivity index (χ4v) is 5.82. The Morgan fingerprint density at radius 1 is 1.03 bits per heavy atom. The molecule has 1 N–H and O–H groups in total. The molecule has 8 nitrogen and oxygen atoms in total. The van der Waals surface area contributed by atoms with Crippen LogP contribution in [0.3, 0.4) is 0 Å². The molecule has 0 radical (unpaired) electrons. The molecule has 0 aliphatic rings. The first-order valence-corrected chi connectivity index (χ1v) is 13.9. The number of carbonyl (C=O) groups excluding carboxylic acids is 1. The molecule has 1 heterocycles. The highest BCUT2D eigenvalue weighted by atomic mass is 35.5. The number of nitrogens with one attached hydrogen (secondary N) is 1.